The molecule has 0 saturated carbocycles. The number of nitrogens with one attached hydrogen (secondary N) is 1. The van der Waals surface area contributed by atoms with E-state index in [4.69, 9.17) is 4.74 Å². The van der Waals surface area contributed by atoms with Crippen molar-refractivity contribution < 1.29 is 14.3 Å². The average molecular weight is 345 g/mol. The Morgan fingerprint density at radius 3 is 2.71 bits per heavy atom. The fraction of sp³-hybridized carbons (Fsp3) is 0.353. The number of likely N-dealkylation sites (tertiary alicyclic amines) is 1. The van der Waals surface area contributed by atoms with E-state index >= 15 is 0 Å². The number of nitrogens with zero attached hydrogens (tertiary/aromatic N) is 2. The zero-order valence-electron chi connectivity index (χ0n) is 13.8. The third-order valence-corrected chi connectivity index (χ3v) is 5.04. The number of carbonyl (C=O) groups excluding carboxylic acids is 2. The number of hydrogen-bond acceptors (Lipinski definition) is 5. The lowest BCUT2D eigenvalue weighted by molar-refractivity contribution is -0.123. The summed E-state index contributed by atoms with van der Waals surface area (Å²) in [4.78, 5) is 31.3. The summed E-state index contributed by atoms with van der Waals surface area (Å²) in [6.07, 6.45) is 0. The molecule has 1 N–H and O–H groups in total. The summed E-state index contributed by atoms with van der Waals surface area (Å²) < 4.78 is 5.14. The molecule has 6 nitrogen and oxygen atoms in total. The standard InChI is InChI=1S/C17H19N3O3S/c1-10-15(24-11(2)18-10)17(22)20-8-12(9-20)16(21)19-13-5-4-6-14(7-13)23-3/h4-7,12H,8-9H2,1-3H3,(H,19,21). The van der Waals surface area contributed by atoms with Gasteiger partial charge in [0, 0.05) is 24.8 Å². The van der Waals surface area contributed by atoms with Crippen LogP contribution in [0.4, 0.5) is 5.69 Å². The van der Waals surface area contributed by atoms with Crippen molar-refractivity contribution in [3.63, 3.8) is 0 Å². The summed E-state index contributed by atoms with van der Waals surface area (Å²) in [6.45, 7) is 4.59. The van der Waals surface area contributed by atoms with Gasteiger partial charge in [0.1, 0.15) is 10.6 Å². The molecule has 2 aromatic rings. The Labute approximate surface area is 144 Å². The molecule has 0 spiro atoms. The molecule has 2 amide bonds. The SMILES string of the molecule is COc1cccc(NC(=O)C2CN(C(=O)c3sc(C)nc3C)C2)c1. The molecule has 1 aliphatic heterocycles. The summed E-state index contributed by atoms with van der Waals surface area (Å²) in [5.74, 6) is 0.386. The lowest BCUT2D eigenvalue weighted by Crippen LogP contribution is -2.54. The highest BCUT2D eigenvalue weighted by molar-refractivity contribution is 7.13. The fourth-order valence-corrected chi connectivity index (χ4v) is 3.52. The van der Waals surface area contributed by atoms with E-state index < -0.39 is 0 Å². The number of rotatable bonds is 4. The largest absolute Gasteiger partial charge is 0.497 e. The molecule has 0 unspecified atom stereocenters. The van der Waals surface area contributed by atoms with Crippen LogP contribution in [-0.2, 0) is 4.79 Å². The zero-order chi connectivity index (χ0) is 17.3. The molecule has 3 rings (SSSR count). The van der Waals surface area contributed by atoms with Crippen molar-refractivity contribution >= 4 is 28.8 Å². The first kappa shape index (κ1) is 16.4. The third kappa shape index (κ3) is 3.26. The lowest BCUT2D eigenvalue weighted by atomic mass is 9.98. The maximum Gasteiger partial charge on any atom is 0.265 e. The van der Waals surface area contributed by atoms with Crippen LogP contribution in [0.2, 0.25) is 0 Å². The van der Waals surface area contributed by atoms with Crippen LogP contribution in [0.25, 0.3) is 0 Å². The van der Waals surface area contributed by atoms with Crippen molar-refractivity contribution in [3.8, 4) is 5.75 Å². The van der Waals surface area contributed by atoms with Gasteiger partial charge in [-0.25, -0.2) is 4.98 Å². The number of aryl methyl sites for hydroxylation is 2. The fourth-order valence-electron chi connectivity index (χ4n) is 2.63. The second-order valence-corrected chi connectivity index (χ2v) is 6.98. The van der Waals surface area contributed by atoms with E-state index in [1.165, 1.54) is 11.3 Å². The highest BCUT2D eigenvalue weighted by Crippen LogP contribution is 2.25. The Morgan fingerprint density at radius 1 is 1.33 bits per heavy atom. The minimum absolute atomic E-state index is 0.0384. The van der Waals surface area contributed by atoms with E-state index in [0.717, 1.165) is 10.7 Å². The second-order valence-electron chi connectivity index (χ2n) is 5.78. The molecule has 1 fully saturated rings. The molecule has 2 heterocycles. The number of methoxy groups -OCH3 is 1. The second kappa shape index (κ2) is 6.60. The molecule has 0 radical (unpaired) electrons. The predicted octanol–water partition coefficient (Wildman–Crippen LogP) is 2.48. The van der Waals surface area contributed by atoms with Gasteiger partial charge in [-0.15, -0.1) is 11.3 Å². The van der Waals surface area contributed by atoms with E-state index in [0.29, 0.717) is 29.4 Å². The van der Waals surface area contributed by atoms with Gasteiger partial charge in [-0.3, -0.25) is 9.59 Å². The maximum absolute atomic E-state index is 12.4. The average Bonchev–Trinajstić information content (AvgIpc) is 2.84. The zero-order valence-corrected chi connectivity index (χ0v) is 14.6. The van der Waals surface area contributed by atoms with Gasteiger partial charge in [-0.2, -0.15) is 0 Å². The van der Waals surface area contributed by atoms with Crippen LogP contribution in [0, 0.1) is 19.8 Å². The van der Waals surface area contributed by atoms with Crippen LogP contribution >= 0.6 is 11.3 Å². The summed E-state index contributed by atoms with van der Waals surface area (Å²) >= 11 is 1.40. The van der Waals surface area contributed by atoms with Crippen molar-refractivity contribution in [1.82, 2.24) is 9.88 Å². The van der Waals surface area contributed by atoms with Crippen LogP contribution in [0.1, 0.15) is 20.4 Å². The molecule has 0 bridgehead atoms. The van der Waals surface area contributed by atoms with E-state index in [1.54, 1.807) is 18.1 Å². The van der Waals surface area contributed by atoms with E-state index in [-0.39, 0.29) is 17.7 Å². The Kier molecular flexibility index (Phi) is 4.53. The van der Waals surface area contributed by atoms with Crippen LogP contribution in [-0.4, -0.2) is 41.9 Å². The smallest absolute Gasteiger partial charge is 0.265 e. The van der Waals surface area contributed by atoms with Gasteiger partial charge in [0.25, 0.3) is 5.91 Å². The first-order valence-electron chi connectivity index (χ1n) is 7.66. The van der Waals surface area contributed by atoms with Gasteiger partial charge < -0.3 is 15.0 Å². The van der Waals surface area contributed by atoms with Crippen LogP contribution < -0.4 is 10.1 Å². The number of benzene rings is 1. The van der Waals surface area contributed by atoms with Gasteiger partial charge in [0.15, 0.2) is 0 Å². The van der Waals surface area contributed by atoms with Gasteiger partial charge in [0.05, 0.1) is 23.7 Å². The molecule has 7 heteroatoms. The normalized spacial score (nSPS) is 14.2. The Balaban J connectivity index is 1.57. The van der Waals surface area contributed by atoms with Gasteiger partial charge in [-0.1, -0.05) is 6.07 Å². The highest BCUT2D eigenvalue weighted by Gasteiger charge is 2.37. The highest BCUT2D eigenvalue weighted by atomic mass is 32.1. The molecule has 1 aliphatic rings. The first-order valence-corrected chi connectivity index (χ1v) is 8.48. The van der Waals surface area contributed by atoms with E-state index in [2.05, 4.69) is 10.3 Å². The number of anilines is 1. The number of hydrogen-bond donors (Lipinski definition) is 1. The van der Waals surface area contributed by atoms with Gasteiger partial charge >= 0.3 is 0 Å². The van der Waals surface area contributed by atoms with Crippen molar-refractivity contribution in [2.75, 3.05) is 25.5 Å². The molecular formula is C17H19N3O3S. The molecule has 1 aromatic carbocycles. The molecular weight excluding hydrogens is 326 g/mol. The van der Waals surface area contributed by atoms with Gasteiger partial charge in [-0.05, 0) is 26.0 Å². The number of carbonyl (C=O) groups is 2. The van der Waals surface area contributed by atoms with E-state index in [1.807, 2.05) is 32.0 Å². The van der Waals surface area contributed by atoms with E-state index in [9.17, 15) is 9.59 Å². The number of amides is 2. The monoisotopic (exact) mass is 345 g/mol. The maximum atomic E-state index is 12.4. The van der Waals surface area contributed by atoms with Crippen molar-refractivity contribution in [2.24, 2.45) is 5.92 Å². The van der Waals surface area contributed by atoms with Crippen LogP contribution in [0.5, 0.6) is 5.75 Å². The predicted molar refractivity (Wildman–Crippen MR) is 92.6 cm³/mol. The molecule has 126 valence electrons. The van der Waals surface area contributed by atoms with Crippen molar-refractivity contribution in [1.29, 1.82) is 0 Å². The Hall–Kier alpha value is -2.41. The summed E-state index contributed by atoms with van der Waals surface area (Å²) in [7, 11) is 1.58. The summed E-state index contributed by atoms with van der Waals surface area (Å²) in [5, 5.41) is 3.75. The molecule has 0 aliphatic carbocycles. The topological polar surface area (TPSA) is 71.5 Å². The third-order valence-electron chi connectivity index (χ3n) is 3.97. The molecule has 1 aromatic heterocycles. The summed E-state index contributed by atoms with van der Waals surface area (Å²) in [6, 6.07) is 7.22. The minimum Gasteiger partial charge on any atom is -0.497 e. The minimum atomic E-state index is -0.186. The Bertz CT molecular complexity index is 781. The number of aromatic nitrogens is 1. The lowest BCUT2D eigenvalue weighted by Gasteiger charge is -2.38. The van der Waals surface area contributed by atoms with Crippen molar-refractivity contribution in [3.05, 3.63) is 39.8 Å². The molecule has 24 heavy (non-hydrogen) atoms. The molecule has 0 atom stereocenters. The Morgan fingerprint density at radius 2 is 2.08 bits per heavy atom. The van der Waals surface area contributed by atoms with Crippen LogP contribution in [0.3, 0.4) is 0 Å². The first-order chi connectivity index (χ1) is 11.5. The quantitative estimate of drug-likeness (QED) is 0.924. The van der Waals surface area contributed by atoms with Crippen molar-refractivity contribution in [2.45, 2.75) is 13.8 Å². The summed E-state index contributed by atoms with van der Waals surface area (Å²) in [5.41, 5.74) is 1.45. The molecule has 1 saturated heterocycles. The van der Waals surface area contributed by atoms with Crippen LogP contribution in [0.15, 0.2) is 24.3 Å². The van der Waals surface area contributed by atoms with Gasteiger partial charge in [0.2, 0.25) is 5.91 Å². The number of thiazole rings is 1. The number of ether oxygens (including phenoxy) is 1.